The number of carbonyl (C=O) groups is 1. The van der Waals surface area contributed by atoms with Crippen molar-refractivity contribution in [3.63, 3.8) is 0 Å². The van der Waals surface area contributed by atoms with Crippen molar-refractivity contribution in [1.29, 1.82) is 5.26 Å². The Morgan fingerprint density at radius 1 is 1.21 bits per heavy atom. The van der Waals surface area contributed by atoms with Crippen LogP contribution in [0.2, 0.25) is 0 Å². The lowest BCUT2D eigenvalue weighted by Gasteiger charge is -2.11. The fourth-order valence-electron chi connectivity index (χ4n) is 2.36. The zero-order valence-electron chi connectivity index (χ0n) is 12.6. The highest BCUT2D eigenvalue weighted by molar-refractivity contribution is 9.10. The summed E-state index contributed by atoms with van der Waals surface area (Å²) in [7, 11) is 0. The minimum absolute atomic E-state index is 0.297. The fourth-order valence-corrected chi connectivity index (χ4v) is 2.84. The molecule has 1 N–H and O–H groups in total. The van der Waals surface area contributed by atoms with E-state index in [1.807, 2.05) is 42.5 Å². The van der Waals surface area contributed by atoms with E-state index in [4.69, 9.17) is 0 Å². The summed E-state index contributed by atoms with van der Waals surface area (Å²) in [5, 5.41) is 12.1. The van der Waals surface area contributed by atoms with E-state index in [0.717, 1.165) is 15.9 Å². The van der Waals surface area contributed by atoms with Crippen LogP contribution in [0.3, 0.4) is 0 Å². The van der Waals surface area contributed by atoms with Crippen LogP contribution in [0, 0.1) is 11.3 Å². The van der Waals surface area contributed by atoms with Crippen LogP contribution >= 0.6 is 15.9 Å². The molecule has 3 aromatic rings. The van der Waals surface area contributed by atoms with E-state index in [-0.39, 0.29) is 5.91 Å². The molecule has 0 unspecified atom stereocenters. The van der Waals surface area contributed by atoms with Crippen molar-refractivity contribution in [2.45, 2.75) is 6.54 Å². The monoisotopic (exact) mass is 380 g/mol. The van der Waals surface area contributed by atoms with Crippen molar-refractivity contribution in [2.24, 2.45) is 0 Å². The maximum atomic E-state index is 12.6. The van der Waals surface area contributed by atoms with Crippen LogP contribution in [0.15, 0.2) is 65.4 Å². The molecule has 0 fully saturated rings. The Hall–Kier alpha value is -2.91. The van der Waals surface area contributed by atoms with Gasteiger partial charge >= 0.3 is 0 Å². The topological polar surface area (TPSA) is 70.7 Å². The highest BCUT2D eigenvalue weighted by atomic mass is 79.9. The average Bonchev–Trinajstić information content (AvgIpc) is 3.05. The minimum atomic E-state index is -0.321. The molecule has 0 spiro atoms. The van der Waals surface area contributed by atoms with Crippen LogP contribution in [0.1, 0.15) is 21.7 Å². The second-order valence-corrected chi connectivity index (χ2v) is 5.87. The van der Waals surface area contributed by atoms with Crippen LogP contribution in [-0.4, -0.2) is 15.5 Å². The van der Waals surface area contributed by atoms with E-state index >= 15 is 0 Å². The van der Waals surface area contributed by atoms with Gasteiger partial charge in [-0.25, -0.2) is 0 Å². The van der Waals surface area contributed by atoms with Gasteiger partial charge in [-0.05, 0) is 46.3 Å². The lowest BCUT2D eigenvalue weighted by atomic mass is 10.2. The van der Waals surface area contributed by atoms with E-state index in [1.165, 1.54) is 0 Å². The molecular formula is C18H13BrN4O. The van der Waals surface area contributed by atoms with Gasteiger partial charge in [0.2, 0.25) is 0 Å². The summed E-state index contributed by atoms with van der Waals surface area (Å²) >= 11 is 3.48. The van der Waals surface area contributed by atoms with Gasteiger partial charge in [0.05, 0.1) is 23.5 Å². The maximum Gasteiger partial charge on any atom is 0.269 e. The summed E-state index contributed by atoms with van der Waals surface area (Å²) in [6.45, 7) is 0.297. The van der Waals surface area contributed by atoms with Crippen LogP contribution in [-0.2, 0) is 6.54 Å². The highest BCUT2D eigenvalue weighted by Crippen LogP contribution is 2.24. The molecule has 3 rings (SSSR count). The molecule has 0 radical (unpaired) electrons. The molecule has 0 aliphatic carbocycles. The number of nitriles is 1. The van der Waals surface area contributed by atoms with Crippen molar-refractivity contribution in [2.75, 3.05) is 0 Å². The molecule has 0 atom stereocenters. The predicted molar refractivity (Wildman–Crippen MR) is 93.6 cm³/mol. The number of benzene rings is 1. The van der Waals surface area contributed by atoms with Gasteiger partial charge in [0.15, 0.2) is 0 Å². The lowest BCUT2D eigenvalue weighted by Crippen LogP contribution is -2.26. The van der Waals surface area contributed by atoms with E-state index < -0.39 is 0 Å². The third kappa shape index (κ3) is 3.21. The lowest BCUT2D eigenvalue weighted by molar-refractivity contribution is 0.0943. The Morgan fingerprint density at radius 2 is 2.00 bits per heavy atom. The van der Waals surface area contributed by atoms with Crippen LogP contribution in [0.5, 0.6) is 0 Å². The molecule has 2 aromatic heterocycles. The van der Waals surface area contributed by atoms with Gasteiger partial charge in [0, 0.05) is 16.9 Å². The second-order valence-electron chi connectivity index (χ2n) is 5.01. The number of rotatable bonds is 4. The maximum absolute atomic E-state index is 12.6. The van der Waals surface area contributed by atoms with Gasteiger partial charge < -0.3 is 9.88 Å². The number of pyridine rings is 1. The number of para-hydroxylation sites is 1. The molecular weight excluding hydrogens is 368 g/mol. The van der Waals surface area contributed by atoms with Crippen LogP contribution in [0.25, 0.3) is 5.69 Å². The Labute approximate surface area is 147 Å². The van der Waals surface area contributed by atoms with Crippen molar-refractivity contribution in [3.05, 3.63) is 82.3 Å². The number of carbonyl (C=O) groups excluding carboxylic acids is 1. The summed E-state index contributed by atoms with van der Waals surface area (Å²) in [6, 6.07) is 16.7. The van der Waals surface area contributed by atoms with Gasteiger partial charge in [-0.3, -0.25) is 9.78 Å². The standard InChI is InChI=1S/C18H13BrN4O/c19-15-6-1-2-7-16(15)23-10-8-13(11-20)17(23)18(24)22-12-14-5-3-4-9-21-14/h1-10H,12H2,(H,22,24). The summed E-state index contributed by atoms with van der Waals surface area (Å²) in [4.78, 5) is 16.8. The molecule has 0 aliphatic heterocycles. The van der Waals surface area contributed by atoms with Gasteiger partial charge in [-0.2, -0.15) is 5.26 Å². The molecule has 6 heteroatoms. The molecule has 118 valence electrons. The molecule has 0 saturated heterocycles. The van der Waals surface area contributed by atoms with Crippen molar-refractivity contribution in [1.82, 2.24) is 14.9 Å². The third-order valence-electron chi connectivity index (χ3n) is 3.49. The summed E-state index contributed by atoms with van der Waals surface area (Å²) in [5.41, 5.74) is 2.18. The van der Waals surface area contributed by atoms with Gasteiger partial charge in [-0.15, -0.1) is 0 Å². The number of halogens is 1. The predicted octanol–water partition coefficient (Wildman–Crippen LogP) is 3.44. The van der Waals surface area contributed by atoms with E-state index in [1.54, 1.807) is 23.0 Å². The molecule has 5 nitrogen and oxygen atoms in total. The van der Waals surface area contributed by atoms with Gasteiger partial charge in [0.25, 0.3) is 5.91 Å². The van der Waals surface area contributed by atoms with Gasteiger partial charge in [-0.1, -0.05) is 18.2 Å². The number of nitrogens with one attached hydrogen (secondary N) is 1. The van der Waals surface area contributed by atoms with Crippen molar-refractivity contribution >= 4 is 21.8 Å². The SMILES string of the molecule is N#Cc1ccn(-c2ccccc2Br)c1C(=O)NCc1ccccn1. The number of aromatic nitrogens is 2. The van der Waals surface area contributed by atoms with Crippen molar-refractivity contribution < 1.29 is 4.79 Å². The molecule has 0 bridgehead atoms. The molecule has 0 saturated carbocycles. The summed E-state index contributed by atoms with van der Waals surface area (Å²) < 4.78 is 2.54. The quantitative estimate of drug-likeness (QED) is 0.753. The molecule has 2 heterocycles. The van der Waals surface area contributed by atoms with E-state index in [9.17, 15) is 10.1 Å². The fraction of sp³-hybridized carbons (Fsp3) is 0.0556. The largest absolute Gasteiger partial charge is 0.345 e. The van der Waals surface area contributed by atoms with Crippen LogP contribution in [0.4, 0.5) is 0 Å². The van der Waals surface area contributed by atoms with Crippen LogP contribution < -0.4 is 5.32 Å². The second kappa shape index (κ2) is 7.11. The summed E-state index contributed by atoms with van der Waals surface area (Å²) in [6.07, 6.45) is 3.39. The molecule has 1 amide bonds. The van der Waals surface area contributed by atoms with Gasteiger partial charge in [0.1, 0.15) is 11.8 Å². The van der Waals surface area contributed by atoms with E-state index in [0.29, 0.717) is 17.8 Å². The Bertz CT molecular complexity index is 912. The number of nitrogens with zero attached hydrogens (tertiary/aromatic N) is 3. The number of amides is 1. The smallest absolute Gasteiger partial charge is 0.269 e. The first-order chi connectivity index (χ1) is 11.7. The number of hydrogen-bond acceptors (Lipinski definition) is 3. The van der Waals surface area contributed by atoms with E-state index in [2.05, 4.69) is 32.3 Å². The van der Waals surface area contributed by atoms with Crippen molar-refractivity contribution in [3.8, 4) is 11.8 Å². The zero-order valence-corrected chi connectivity index (χ0v) is 14.2. The Balaban J connectivity index is 1.92. The molecule has 0 aliphatic rings. The Morgan fingerprint density at radius 3 is 2.71 bits per heavy atom. The first-order valence-electron chi connectivity index (χ1n) is 7.25. The first-order valence-corrected chi connectivity index (χ1v) is 8.04. The normalized spacial score (nSPS) is 10.2. The first kappa shape index (κ1) is 16.0. The molecule has 1 aromatic carbocycles. The Kier molecular flexibility index (Phi) is 4.73. The number of hydrogen-bond donors (Lipinski definition) is 1. The average molecular weight is 381 g/mol. The summed E-state index contributed by atoms with van der Waals surface area (Å²) in [5.74, 6) is -0.321. The minimum Gasteiger partial charge on any atom is -0.345 e. The third-order valence-corrected chi connectivity index (χ3v) is 4.16. The highest BCUT2D eigenvalue weighted by Gasteiger charge is 2.19. The molecule has 24 heavy (non-hydrogen) atoms. The zero-order chi connectivity index (χ0) is 16.9.